The van der Waals surface area contributed by atoms with E-state index in [0.717, 1.165) is 16.8 Å². The van der Waals surface area contributed by atoms with Gasteiger partial charge in [0.2, 0.25) is 0 Å². The first-order chi connectivity index (χ1) is 6.60. The maximum atomic E-state index is 11.5. The van der Waals surface area contributed by atoms with Crippen molar-refractivity contribution >= 4 is 11.6 Å². The molecule has 3 heteroatoms. The highest BCUT2D eigenvalue weighted by Gasteiger charge is 2.11. The maximum absolute atomic E-state index is 11.5. The molecule has 2 N–H and O–H groups in total. The summed E-state index contributed by atoms with van der Waals surface area (Å²) >= 11 is 0. The zero-order valence-electron chi connectivity index (χ0n) is 9.06. The highest BCUT2D eigenvalue weighted by molar-refractivity contribution is 6.00. The van der Waals surface area contributed by atoms with Crippen molar-refractivity contribution in [3.8, 4) is 0 Å². The van der Waals surface area contributed by atoms with E-state index in [1.54, 1.807) is 7.05 Å². The fraction of sp³-hybridized carbons (Fsp3) is 0.364. The van der Waals surface area contributed by atoms with E-state index in [-0.39, 0.29) is 5.91 Å². The van der Waals surface area contributed by atoms with Gasteiger partial charge in [-0.15, -0.1) is 0 Å². The molecule has 0 aliphatic carbocycles. The summed E-state index contributed by atoms with van der Waals surface area (Å²) in [6.07, 6.45) is 0. The van der Waals surface area contributed by atoms with Crippen molar-refractivity contribution in [2.24, 2.45) is 0 Å². The van der Waals surface area contributed by atoms with Crippen molar-refractivity contribution < 1.29 is 4.79 Å². The van der Waals surface area contributed by atoms with Crippen LogP contribution in [0.3, 0.4) is 0 Å². The molecule has 0 heterocycles. The highest BCUT2D eigenvalue weighted by atomic mass is 16.1. The molecule has 0 spiro atoms. The lowest BCUT2D eigenvalue weighted by molar-refractivity contribution is 0.0963. The number of anilines is 1. The van der Waals surface area contributed by atoms with Crippen LogP contribution in [0.15, 0.2) is 12.1 Å². The van der Waals surface area contributed by atoms with E-state index in [1.165, 1.54) is 0 Å². The minimum atomic E-state index is -0.0545. The molecular formula is C11H16N2O. The van der Waals surface area contributed by atoms with Crippen LogP contribution in [0.5, 0.6) is 0 Å². The van der Waals surface area contributed by atoms with Crippen molar-refractivity contribution in [3.05, 3.63) is 28.8 Å². The highest BCUT2D eigenvalue weighted by Crippen LogP contribution is 2.21. The van der Waals surface area contributed by atoms with Gasteiger partial charge in [-0.1, -0.05) is 6.07 Å². The van der Waals surface area contributed by atoms with Gasteiger partial charge in [0.15, 0.2) is 0 Å². The second-order valence-electron chi connectivity index (χ2n) is 3.33. The predicted octanol–water partition coefficient (Wildman–Crippen LogP) is 1.70. The standard InChI is InChI=1S/C11H16N2O/c1-7-5-8(2)10(12-3)9(6-7)11(14)13-4/h5-6,12H,1-4H3,(H,13,14). The lowest BCUT2D eigenvalue weighted by atomic mass is 10.0. The topological polar surface area (TPSA) is 41.1 Å². The van der Waals surface area contributed by atoms with Crippen molar-refractivity contribution in [2.45, 2.75) is 13.8 Å². The second-order valence-corrected chi connectivity index (χ2v) is 3.33. The molecule has 76 valence electrons. The molecule has 0 aromatic heterocycles. The third-order valence-corrected chi connectivity index (χ3v) is 2.20. The molecule has 1 aromatic carbocycles. The van der Waals surface area contributed by atoms with Crippen molar-refractivity contribution in [3.63, 3.8) is 0 Å². The zero-order chi connectivity index (χ0) is 10.7. The van der Waals surface area contributed by atoms with Gasteiger partial charge in [-0.3, -0.25) is 4.79 Å². The third kappa shape index (κ3) is 1.87. The van der Waals surface area contributed by atoms with Crippen LogP contribution >= 0.6 is 0 Å². The van der Waals surface area contributed by atoms with Gasteiger partial charge in [0.25, 0.3) is 5.91 Å². The molecule has 0 saturated heterocycles. The Hall–Kier alpha value is -1.51. The molecule has 1 aromatic rings. The number of aryl methyl sites for hydroxylation is 2. The Kier molecular flexibility index (Phi) is 3.12. The number of carbonyl (C=O) groups excluding carboxylic acids is 1. The lowest BCUT2D eigenvalue weighted by Crippen LogP contribution is -2.19. The number of nitrogens with one attached hydrogen (secondary N) is 2. The summed E-state index contributed by atoms with van der Waals surface area (Å²) in [6.45, 7) is 3.98. The number of hydrogen-bond acceptors (Lipinski definition) is 2. The molecule has 0 atom stereocenters. The van der Waals surface area contributed by atoms with Crippen LogP contribution in [0.1, 0.15) is 21.5 Å². The SMILES string of the molecule is CNC(=O)c1cc(C)cc(C)c1NC. The Labute approximate surface area is 84.5 Å². The normalized spacial score (nSPS) is 9.71. The second kappa shape index (κ2) is 4.13. The van der Waals surface area contributed by atoms with E-state index in [4.69, 9.17) is 0 Å². The summed E-state index contributed by atoms with van der Waals surface area (Å²) in [5.41, 5.74) is 3.79. The van der Waals surface area contributed by atoms with Crippen LogP contribution in [-0.4, -0.2) is 20.0 Å². The van der Waals surface area contributed by atoms with Gasteiger partial charge in [0, 0.05) is 19.8 Å². The minimum Gasteiger partial charge on any atom is -0.387 e. The lowest BCUT2D eigenvalue weighted by Gasteiger charge is -2.12. The molecule has 3 nitrogen and oxygen atoms in total. The monoisotopic (exact) mass is 192 g/mol. The number of benzene rings is 1. The van der Waals surface area contributed by atoms with E-state index in [2.05, 4.69) is 16.7 Å². The van der Waals surface area contributed by atoms with Crippen LogP contribution in [-0.2, 0) is 0 Å². The van der Waals surface area contributed by atoms with E-state index < -0.39 is 0 Å². The third-order valence-electron chi connectivity index (χ3n) is 2.20. The summed E-state index contributed by atoms with van der Waals surface area (Å²) < 4.78 is 0. The van der Waals surface area contributed by atoms with Crippen LogP contribution in [0.2, 0.25) is 0 Å². The van der Waals surface area contributed by atoms with Crippen LogP contribution in [0.25, 0.3) is 0 Å². The van der Waals surface area contributed by atoms with Gasteiger partial charge >= 0.3 is 0 Å². The molecule has 0 fully saturated rings. The smallest absolute Gasteiger partial charge is 0.253 e. The number of hydrogen-bond donors (Lipinski definition) is 2. The Balaban J connectivity index is 3.32. The van der Waals surface area contributed by atoms with Crippen molar-refractivity contribution in [2.75, 3.05) is 19.4 Å². The first kappa shape index (κ1) is 10.6. The van der Waals surface area contributed by atoms with Gasteiger partial charge < -0.3 is 10.6 Å². The minimum absolute atomic E-state index is 0.0545. The maximum Gasteiger partial charge on any atom is 0.253 e. The molecule has 0 radical (unpaired) electrons. The molecule has 1 rings (SSSR count). The van der Waals surface area contributed by atoms with Gasteiger partial charge in [0.05, 0.1) is 5.56 Å². The Bertz CT molecular complexity index is 359. The van der Waals surface area contributed by atoms with E-state index in [0.29, 0.717) is 5.56 Å². The Morgan fingerprint density at radius 3 is 2.36 bits per heavy atom. The summed E-state index contributed by atoms with van der Waals surface area (Å²) in [5.74, 6) is -0.0545. The molecule has 1 amide bonds. The number of carbonyl (C=O) groups is 1. The summed E-state index contributed by atoms with van der Waals surface area (Å²) in [5, 5.41) is 5.68. The Morgan fingerprint density at radius 1 is 1.21 bits per heavy atom. The van der Waals surface area contributed by atoms with E-state index in [1.807, 2.05) is 27.0 Å². The van der Waals surface area contributed by atoms with Gasteiger partial charge in [-0.25, -0.2) is 0 Å². The van der Waals surface area contributed by atoms with Crippen molar-refractivity contribution in [1.29, 1.82) is 0 Å². The average Bonchev–Trinajstić information content (AvgIpc) is 2.15. The summed E-state index contributed by atoms with van der Waals surface area (Å²) in [7, 11) is 3.46. The van der Waals surface area contributed by atoms with Gasteiger partial charge in [-0.05, 0) is 31.0 Å². The van der Waals surface area contributed by atoms with Crippen LogP contribution in [0.4, 0.5) is 5.69 Å². The summed E-state index contributed by atoms with van der Waals surface area (Å²) in [6, 6.07) is 3.94. The largest absolute Gasteiger partial charge is 0.387 e. The Morgan fingerprint density at radius 2 is 1.86 bits per heavy atom. The van der Waals surface area contributed by atoms with Gasteiger partial charge in [0.1, 0.15) is 0 Å². The van der Waals surface area contributed by atoms with E-state index >= 15 is 0 Å². The molecule has 14 heavy (non-hydrogen) atoms. The molecule has 0 aliphatic heterocycles. The van der Waals surface area contributed by atoms with Gasteiger partial charge in [-0.2, -0.15) is 0 Å². The average molecular weight is 192 g/mol. The fourth-order valence-corrected chi connectivity index (χ4v) is 1.61. The fourth-order valence-electron chi connectivity index (χ4n) is 1.61. The number of rotatable bonds is 2. The first-order valence-corrected chi connectivity index (χ1v) is 4.61. The number of amides is 1. The summed E-state index contributed by atoms with van der Waals surface area (Å²) in [4.78, 5) is 11.5. The van der Waals surface area contributed by atoms with Crippen LogP contribution < -0.4 is 10.6 Å². The first-order valence-electron chi connectivity index (χ1n) is 4.61. The molecular weight excluding hydrogens is 176 g/mol. The quantitative estimate of drug-likeness (QED) is 0.749. The predicted molar refractivity (Wildman–Crippen MR) is 58.9 cm³/mol. The van der Waals surface area contributed by atoms with Crippen molar-refractivity contribution in [1.82, 2.24) is 5.32 Å². The van der Waals surface area contributed by atoms with E-state index in [9.17, 15) is 4.79 Å². The molecule has 0 saturated carbocycles. The molecule has 0 unspecified atom stereocenters. The van der Waals surface area contributed by atoms with Crippen LogP contribution in [0, 0.1) is 13.8 Å². The zero-order valence-corrected chi connectivity index (χ0v) is 9.06. The molecule has 0 aliphatic rings. The molecule has 0 bridgehead atoms.